The third kappa shape index (κ3) is 6.26. The predicted octanol–water partition coefficient (Wildman–Crippen LogP) is 8.63. The molecule has 2 aromatic heterocycles. The van der Waals surface area contributed by atoms with Gasteiger partial charge < -0.3 is 9.47 Å². The monoisotopic (exact) mass is 598 g/mol. The van der Waals surface area contributed by atoms with Gasteiger partial charge in [0, 0.05) is 29.7 Å². The first-order chi connectivity index (χ1) is 20.5. The number of hydrogen-bond acceptors (Lipinski definition) is 4. The van der Waals surface area contributed by atoms with Crippen LogP contribution in [0.4, 0.5) is 0 Å². The van der Waals surface area contributed by atoms with Crippen LogP contribution < -0.4 is 0 Å². The van der Waals surface area contributed by atoms with Crippen LogP contribution in [0.25, 0.3) is 21.1 Å². The van der Waals surface area contributed by atoms with Crippen LogP contribution in [0.2, 0.25) is 5.02 Å². The molecule has 0 saturated carbocycles. The molecule has 0 spiro atoms. The summed E-state index contributed by atoms with van der Waals surface area (Å²) in [6.07, 6.45) is 4.81. The molecule has 1 fully saturated rings. The minimum atomic E-state index is -0.0223. The number of likely N-dealkylation sites (tertiary alicyclic amines) is 1. The molecule has 3 heterocycles. The molecule has 3 aromatic carbocycles. The third-order valence-electron chi connectivity index (χ3n) is 8.35. The van der Waals surface area contributed by atoms with Gasteiger partial charge in [0.05, 0.1) is 22.6 Å². The highest BCUT2D eigenvalue weighted by molar-refractivity contribution is 7.21. The van der Waals surface area contributed by atoms with Gasteiger partial charge in [-0.05, 0) is 67.6 Å². The van der Waals surface area contributed by atoms with Gasteiger partial charge in [-0.15, -0.1) is 11.3 Å². The van der Waals surface area contributed by atoms with Crippen molar-refractivity contribution in [1.82, 2.24) is 19.4 Å². The number of carbonyl (C=O) groups excluding carboxylic acids is 1. The second-order valence-electron chi connectivity index (χ2n) is 11.9. The smallest absolute Gasteiger partial charge is 0.265 e. The number of imidazole rings is 1. The van der Waals surface area contributed by atoms with Crippen LogP contribution in [0.3, 0.4) is 0 Å². The van der Waals surface area contributed by atoms with Gasteiger partial charge in [-0.1, -0.05) is 86.5 Å². The van der Waals surface area contributed by atoms with Gasteiger partial charge in [0.2, 0.25) is 0 Å². The lowest BCUT2D eigenvalue weighted by molar-refractivity contribution is 0.0734. The van der Waals surface area contributed by atoms with Crippen molar-refractivity contribution in [2.24, 2.45) is 5.92 Å². The number of amides is 1. The van der Waals surface area contributed by atoms with Crippen LogP contribution >= 0.6 is 22.9 Å². The molecule has 42 heavy (non-hydrogen) atoms. The number of hydrogen-bond donors (Lipinski definition) is 0. The fraction of sp³-hybridized carbons (Fsp3) is 0.371. The van der Waals surface area contributed by atoms with Crippen molar-refractivity contribution >= 4 is 50.0 Å². The summed E-state index contributed by atoms with van der Waals surface area (Å²) in [6, 6.07) is 25.1. The Hall–Kier alpha value is -3.19. The standard InChI is InChI=1S/C35H39ClN4OS/c1-25(2)18-21-39(35(41)34-33(36)28-14-6-9-17-31(28)42-34)24-32-37-29-15-7-8-16-30(29)40(32)23-27-13-5-4-12-26(27)22-38-19-10-3-11-20-38/h4-9,12-17,25H,3,10-11,18-24H2,1-2H3. The second kappa shape index (κ2) is 13.0. The highest BCUT2D eigenvalue weighted by Gasteiger charge is 2.25. The average molecular weight is 599 g/mol. The summed E-state index contributed by atoms with van der Waals surface area (Å²) >= 11 is 8.28. The maximum Gasteiger partial charge on any atom is 0.265 e. The second-order valence-corrected chi connectivity index (χ2v) is 13.3. The van der Waals surface area contributed by atoms with E-state index in [9.17, 15) is 4.79 Å². The van der Waals surface area contributed by atoms with Gasteiger partial charge in [0.1, 0.15) is 10.7 Å². The van der Waals surface area contributed by atoms with E-state index in [1.54, 1.807) is 0 Å². The van der Waals surface area contributed by atoms with Gasteiger partial charge in [-0.25, -0.2) is 4.98 Å². The fourth-order valence-electron chi connectivity index (χ4n) is 5.95. The molecule has 0 atom stereocenters. The first kappa shape index (κ1) is 28.9. The van der Waals surface area contributed by atoms with Crippen molar-refractivity contribution in [3.05, 3.63) is 99.6 Å². The molecule has 0 N–H and O–H groups in total. The van der Waals surface area contributed by atoms with Crippen LogP contribution in [0.15, 0.2) is 72.8 Å². The number of fused-ring (bicyclic) bond motifs is 2. The molecule has 6 rings (SSSR count). The molecule has 0 aliphatic carbocycles. The van der Waals surface area contributed by atoms with Crippen LogP contribution in [0.5, 0.6) is 0 Å². The van der Waals surface area contributed by atoms with Crippen LogP contribution in [0, 0.1) is 5.92 Å². The summed E-state index contributed by atoms with van der Waals surface area (Å²) in [5, 5.41) is 1.49. The quantitative estimate of drug-likeness (QED) is 0.162. The Balaban J connectivity index is 1.34. The van der Waals surface area contributed by atoms with Crippen molar-refractivity contribution in [1.29, 1.82) is 0 Å². The molecule has 1 amide bonds. The molecular weight excluding hydrogens is 560 g/mol. The Kier molecular flexibility index (Phi) is 8.94. The van der Waals surface area contributed by atoms with E-state index in [0.717, 1.165) is 46.5 Å². The first-order valence-electron chi connectivity index (χ1n) is 15.2. The predicted molar refractivity (Wildman–Crippen MR) is 175 cm³/mol. The summed E-state index contributed by atoms with van der Waals surface area (Å²) in [7, 11) is 0. The number of thiophene rings is 1. The minimum Gasteiger partial charge on any atom is -0.330 e. The maximum absolute atomic E-state index is 14.1. The summed E-state index contributed by atoms with van der Waals surface area (Å²) in [6.45, 7) is 9.50. The molecular formula is C35H39ClN4OS. The lowest BCUT2D eigenvalue weighted by Gasteiger charge is -2.27. The van der Waals surface area contributed by atoms with E-state index in [0.29, 0.717) is 28.9 Å². The van der Waals surface area contributed by atoms with Crippen molar-refractivity contribution in [2.75, 3.05) is 19.6 Å². The SMILES string of the molecule is CC(C)CCN(Cc1nc2ccccc2n1Cc1ccccc1CN1CCCCC1)C(=O)c1sc2ccccc2c1Cl. The van der Waals surface area contributed by atoms with Gasteiger partial charge in [-0.2, -0.15) is 0 Å². The Bertz CT molecular complexity index is 1680. The summed E-state index contributed by atoms with van der Waals surface area (Å²) in [5.74, 6) is 1.35. The van der Waals surface area contributed by atoms with Crippen molar-refractivity contribution in [3.63, 3.8) is 0 Å². The van der Waals surface area contributed by atoms with E-state index in [-0.39, 0.29) is 5.91 Å². The molecule has 0 radical (unpaired) electrons. The molecule has 0 bridgehead atoms. The largest absolute Gasteiger partial charge is 0.330 e. The molecule has 218 valence electrons. The van der Waals surface area contributed by atoms with Gasteiger partial charge in [0.25, 0.3) is 5.91 Å². The van der Waals surface area contributed by atoms with E-state index in [1.807, 2.05) is 35.2 Å². The maximum atomic E-state index is 14.1. The van der Waals surface area contributed by atoms with Gasteiger partial charge in [-0.3, -0.25) is 9.69 Å². The van der Waals surface area contributed by atoms with Gasteiger partial charge >= 0.3 is 0 Å². The Labute approximate surface area is 257 Å². The normalized spacial score (nSPS) is 14.3. The first-order valence-corrected chi connectivity index (χ1v) is 16.4. The van der Waals surface area contributed by atoms with Crippen molar-refractivity contribution < 1.29 is 4.79 Å². The fourth-order valence-corrected chi connectivity index (χ4v) is 7.43. The number of piperidine rings is 1. The topological polar surface area (TPSA) is 41.4 Å². The zero-order valence-electron chi connectivity index (χ0n) is 24.6. The zero-order chi connectivity index (χ0) is 29.1. The van der Waals surface area contributed by atoms with E-state index in [4.69, 9.17) is 16.6 Å². The number of carbonyl (C=O) groups is 1. The Morgan fingerprint density at radius 3 is 2.38 bits per heavy atom. The van der Waals surface area contributed by atoms with E-state index < -0.39 is 0 Å². The van der Waals surface area contributed by atoms with E-state index in [1.165, 1.54) is 54.8 Å². The Morgan fingerprint density at radius 1 is 0.929 bits per heavy atom. The van der Waals surface area contributed by atoms with Crippen LogP contribution in [0.1, 0.15) is 66.2 Å². The number of aromatic nitrogens is 2. The molecule has 5 nitrogen and oxygen atoms in total. The molecule has 1 saturated heterocycles. The highest BCUT2D eigenvalue weighted by Crippen LogP contribution is 2.36. The lowest BCUT2D eigenvalue weighted by atomic mass is 10.0. The number of nitrogens with zero attached hydrogens (tertiary/aromatic N) is 4. The Morgan fingerprint density at radius 2 is 1.62 bits per heavy atom. The van der Waals surface area contributed by atoms with Crippen molar-refractivity contribution in [3.8, 4) is 0 Å². The average Bonchev–Trinajstić information content (AvgIpc) is 3.53. The van der Waals surface area contributed by atoms with E-state index >= 15 is 0 Å². The summed E-state index contributed by atoms with van der Waals surface area (Å²) < 4.78 is 3.35. The highest BCUT2D eigenvalue weighted by atomic mass is 35.5. The summed E-state index contributed by atoms with van der Waals surface area (Å²) in [4.78, 5) is 24.4. The lowest BCUT2D eigenvalue weighted by Crippen LogP contribution is -2.33. The molecule has 5 aromatic rings. The molecule has 1 aliphatic rings. The molecule has 7 heteroatoms. The zero-order valence-corrected chi connectivity index (χ0v) is 26.1. The number of halogens is 1. The number of benzene rings is 3. The number of rotatable bonds is 10. The van der Waals surface area contributed by atoms with Crippen LogP contribution in [-0.4, -0.2) is 44.9 Å². The molecule has 1 aliphatic heterocycles. The summed E-state index contributed by atoms with van der Waals surface area (Å²) in [5.41, 5.74) is 4.72. The minimum absolute atomic E-state index is 0.0223. The third-order valence-corrected chi connectivity index (χ3v) is 10.0. The van der Waals surface area contributed by atoms with Gasteiger partial charge in [0.15, 0.2) is 0 Å². The molecule has 0 unspecified atom stereocenters. The van der Waals surface area contributed by atoms with Crippen LogP contribution in [-0.2, 0) is 19.6 Å². The van der Waals surface area contributed by atoms with E-state index in [2.05, 4.69) is 65.8 Å². The number of para-hydroxylation sites is 2. The van der Waals surface area contributed by atoms with Crippen molar-refractivity contribution in [2.45, 2.75) is 59.2 Å².